The average Bonchev–Trinajstić information content (AvgIpc) is 3.19. The summed E-state index contributed by atoms with van der Waals surface area (Å²) in [6.45, 7) is 3.37. The first-order valence-corrected chi connectivity index (χ1v) is 9.54. The van der Waals surface area contributed by atoms with Crippen LogP contribution < -0.4 is 10.1 Å². The number of hydrogen-bond acceptors (Lipinski definition) is 3. The highest BCUT2D eigenvalue weighted by Crippen LogP contribution is 2.18. The third-order valence-electron chi connectivity index (χ3n) is 4.58. The Hall–Kier alpha value is -2.04. The van der Waals surface area contributed by atoms with Crippen LogP contribution in [-0.2, 0) is 17.8 Å². The van der Waals surface area contributed by atoms with E-state index in [9.17, 15) is 4.79 Å². The van der Waals surface area contributed by atoms with Gasteiger partial charge in [-0.15, -0.1) is 0 Å². The minimum atomic E-state index is 0.0752. The highest BCUT2D eigenvalue weighted by Gasteiger charge is 2.18. The third kappa shape index (κ3) is 5.48. The van der Waals surface area contributed by atoms with Crippen molar-refractivity contribution in [3.63, 3.8) is 0 Å². The van der Waals surface area contributed by atoms with E-state index in [0.717, 1.165) is 55.2 Å². The van der Waals surface area contributed by atoms with E-state index in [2.05, 4.69) is 11.4 Å². The Kier molecular flexibility index (Phi) is 6.92. The second-order valence-electron chi connectivity index (χ2n) is 6.54. The highest BCUT2D eigenvalue weighted by molar-refractivity contribution is 6.30. The monoisotopic (exact) mass is 372 g/mol. The van der Waals surface area contributed by atoms with Gasteiger partial charge in [-0.05, 0) is 49.6 Å². The third-order valence-corrected chi connectivity index (χ3v) is 4.81. The number of halogens is 1. The van der Waals surface area contributed by atoms with Crippen LogP contribution in [0.3, 0.4) is 0 Å². The minimum absolute atomic E-state index is 0.0752. The number of carbonyl (C=O) groups excluding carboxylic acids is 1. The number of ether oxygens (including phenoxy) is 1. The van der Waals surface area contributed by atoms with Gasteiger partial charge in [0, 0.05) is 30.2 Å². The number of benzene rings is 2. The number of likely N-dealkylation sites (tertiary alicyclic amines) is 1. The summed E-state index contributed by atoms with van der Waals surface area (Å²) in [7, 11) is 0. The zero-order valence-corrected chi connectivity index (χ0v) is 15.7. The van der Waals surface area contributed by atoms with Crippen LogP contribution in [0.2, 0.25) is 5.02 Å². The van der Waals surface area contributed by atoms with Crippen LogP contribution in [0.15, 0.2) is 48.5 Å². The normalized spacial score (nSPS) is 13.8. The van der Waals surface area contributed by atoms with E-state index in [4.69, 9.17) is 16.3 Å². The Morgan fingerprint density at radius 1 is 1.12 bits per heavy atom. The average molecular weight is 373 g/mol. The first kappa shape index (κ1) is 18.7. The van der Waals surface area contributed by atoms with Crippen LogP contribution >= 0.6 is 11.6 Å². The Bertz CT molecular complexity index is 729. The van der Waals surface area contributed by atoms with Gasteiger partial charge >= 0.3 is 0 Å². The maximum atomic E-state index is 12.1. The van der Waals surface area contributed by atoms with Crippen molar-refractivity contribution in [2.24, 2.45) is 0 Å². The standard InChI is InChI=1S/C21H25ClN2O2/c22-19-8-5-6-17(14-19)10-11-23-15-18-7-1-2-9-20(18)26-16-21(25)24-12-3-4-13-24/h1-2,5-9,14,23H,3-4,10-13,15-16H2. The minimum Gasteiger partial charge on any atom is -0.483 e. The molecule has 0 bridgehead atoms. The molecule has 0 atom stereocenters. The Morgan fingerprint density at radius 2 is 1.92 bits per heavy atom. The number of amides is 1. The van der Waals surface area contributed by atoms with Gasteiger partial charge in [-0.25, -0.2) is 0 Å². The largest absolute Gasteiger partial charge is 0.483 e. The van der Waals surface area contributed by atoms with Crippen molar-refractivity contribution in [3.8, 4) is 5.75 Å². The molecule has 0 radical (unpaired) electrons. The van der Waals surface area contributed by atoms with Gasteiger partial charge in [0.25, 0.3) is 5.91 Å². The smallest absolute Gasteiger partial charge is 0.260 e. The predicted octanol–water partition coefficient (Wildman–Crippen LogP) is 3.67. The van der Waals surface area contributed by atoms with Crippen molar-refractivity contribution in [1.29, 1.82) is 0 Å². The molecule has 1 fully saturated rings. The Morgan fingerprint density at radius 3 is 2.73 bits per heavy atom. The lowest BCUT2D eigenvalue weighted by molar-refractivity contribution is -0.132. The van der Waals surface area contributed by atoms with E-state index in [-0.39, 0.29) is 12.5 Å². The molecule has 26 heavy (non-hydrogen) atoms. The molecule has 0 aliphatic carbocycles. The van der Waals surface area contributed by atoms with Gasteiger partial charge in [-0.3, -0.25) is 4.79 Å². The van der Waals surface area contributed by atoms with E-state index in [1.807, 2.05) is 47.4 Å². The molecule has 1 aliphatic rings. The van der Waals surface area contributed by atoms with Crippen LogP contribution in [0.4, 0.5) is 0 Å². The van der Waals surface area contributed by atoms with Gasteiger partial charge in [0.1, 0.15) is 5.75 Å². The summed E-state index contributed by atoms with van der Waals surface area (Å²) in [6.07, 6.45) is 3.11. The molecule has 0 spiro atoms. The maximum Gasteiger partial charge on any atom is 0.260 e. The first-order chi connectivity index (χ1) is 12.7. The fraction of sp³-hybridized carbons (Fsp3) is 0.381. The number of nitrogens with zero attached hydrogens (tertiary/aromatic N) is 1. The van der Waals surface area contributed by atoms with Crippen molar-refractivity contribution in [1.82, 2.24) is 10.2 Å². The molecule has 1 aliphatic heterocycles. The zero-order chi connectivity index (χ0) is 18.2. The van der Waals surface area contributed by atoms with Crippen molar-refractivity contribution in [2.45, 2.75) is 25.8 Å². The van der Waals surface area contributed by atoms with Gasteiger partial charge in [-0.1, -0.05) is 41.9 Å². The summed E-state index contributed by atoms with van der Waals surface area (Å²) in [5.74, 6) is 0.849. The number of nitrogens with one attached hydrogen (secondary N) is 1. The summed E-state index contributed by atoms with van der Waals surface area (Å²) in [5, 5.41) is 4.20. The highest BCUT2D eigenvalue weighted by atomic mass is 35.5. The molecule has 0 aromatic heterocycles. The summed E-state index contributed by atoms with van der Waals surface area (Å²) in [5.41, 5.74) is 2.28. The molecule has 2 aromatic carbocycles. The molecule has 1 heterocycles. The molecule has 1 saturated heterocycles. The van der Waals surface area contributed by atoms with Crippen LogP contribution in [-0.4, -0.2) is 37.0 Å². The molecule has 4 nitrogen and oxygen atoms in total. The van der Waals surface area contributed by atoms with Crippen molar-refractivity contribution >= 4 is 17.5 Å². The summed E-state index contributed by atoms with van der Waals surface area (Å²) >= 11 is 6.01. The Labute approximate surface area is 160 Å². The van der Waals surface area contributed by atoms with Gasteiger partial charge in [0.05, 0.1) is 0 Å². The SMILES string of the molecule is O=C(COc1ccccc1CNCCc1cccc(Cl)c1)N1CCCC1. The number of para-hydroxylation sites is 1. The zero-order valence-electron chi connectivity index (χ0n) is 14.9. The molecule has 2 aromatic rings. The van der Waals surface area contributed by atoms with E-state index >= 15 is 0 Å². The van der Waals surface area contributed by atoms with Crippen LogP contribution in [0, 0.1) is 0 Å². The lowest BCUT2D eigenvalue weighted by Gasteiger charge is -2.17. The lowest BCUT2D eigenvalue weighted by Crippen LogP contribution is -2.32. The molecule has 138 valence electrons. The quantitative estimate of drug-likeness (QED) is 0.719. The Balaban J connectivity index is 1.46. The first-order valence-electron chi connectivity index (χ1n) is 9.16. The second kappa shape index (κ2) is 9.60. The summed E-state index contributed by atoms with van der Waals surface area (Å²) < 4.78 is 5.79. The van der Waals surface area contributed by atoms with Crippen LogP contribution in [0.5, 0.6) is 5.75 Å². The van der Waals surface area contributed by atoms with E-state index in [1.54, 1.807) is 0 Å². The summed E-state index contributed by atoms with van der Waals surface area (Å²) in [6, 6.07) is 15.8. The molecule has 0 saturated carbocycles. The van der Waals surface area contributed by atoms with Crippen LogP contribution in [0.1, 0.15) is 24.0 Å². The molecule has 0 unspecified atom stereocenters. The van der Waals surface area contributed by atoms with E-state index in [0.29, 0.717) is 6.54 Å². The van der Waals surface area contributed by atoms with Gasteiger partial charge in [0.15, 0.2) is 6.61 Å². The number of carbonyl (C=O) groups is 1. The van der Waals surface area contributed by atoms with Gasteiger partial charge in [0.2, 0.25) is 0 Å². The molecule has 1 amide bonds. The maximum absolute atomic E-state index is 12.1. The molecule has 5 heteroatoms. The van der Waals surface area contributed by atoms with Gasteiger partial charge < -0.3 is 15.0 Å². The molecule has 3 rings (SSSR count). The van der Waals surface area contributed by atoms with Crippen molar-refractivity contribution in [2.75, 3.05) is 26.2 Å². The number of rotatable bonds is 8. The number of hydrogen-bond donors (Lipinski definition) is 1. The fourth-order valence-electron chi connectivity index (χ4n) is 3.14. The van der Waals surface area contributed by atoms with E-state index in [1.165, 1.54) is 5.56 Å². The van der Waals surface area contributed by atoms with E-state index < -0.39 is 0 Å². The topological polar surface area (TPSA) is 41.6 Å². The van der Waals surface area contributed by atoms with Crippen molar-refractivity contribution < 1.29 is 9.53 Å². The summed E-state index contributed by atoms with van der Waals surface area (Å²) in [4.78, 5) is 14.0. The molecule has 1 N–H and O–H groups in total. The second-order valence-corrected chi connectivity index (χ2v) is 6.98. The predicted molar refractivity (Wildman–Crippen MR) is 105 cm³/mol. The molecular weight excluding hydrogens is 348 g/mol. The molecular formula is C21H25ClN2O2. The van der Waals surface area contributed by atoms with Crippen molar-refractivity contribution in [3.05, 3.63) is 64.7 Å². The van der Waals surface area contributed by atoms with Crippen LogP contribution in [0.25, 0.3) is 0 Å². The van der Waals surface area contributed by atoms with Gasteiger partial charge in [-0.2, -0.15) is 0 Å². The lowest BCUT2D eigenvalue weighted by atomic mass is 10.1. The fourth-order valence-corrected chi connectivity index (χ4v) is 3.35.